The number of aliphatic hydroxyl groups is 1. The Bertz CT molecular complexity index is 917. The van der Waals surface area contributed by atoms with E-state index in [1.165, 1.54) is 12.1 Å². The lowest BCUT2D eigenvalue weighted by atomic mass is 9.79. The standard InChI is InChI=1S/C18H12BrNO5/c19-11-7-5-10(6-8-11)14(9-20(24)25)15-16(21)12-3-1-2-4-13(12)17(22)18(15)23/h1-8,14,21H,9H2. The van der Waals surface area contributed by atoms with Crippen molar-refractivity contribution in [1.82, 2.24) is 0 Å². The number of Topliss-reactive ketones (excluding diaryl/α,β-unsaturated/α-hetero) is 2. The zero-order valence-electron chi connectivity index (χ0n) is 12.8. The highest BCUT2D eigenvalue weighted by Gasteiger charge is 2.39. The lowest BCUT2D eigenvalue weighted by molar-refractivity contribution is -0.481. The number of rotatable bonds is 4. The van der Waals surface area contributed by atoms with E-state index >= 15 is 0 Å². The Balaban J connectivity index is 2.20. The Morgan fingerprint density at radius 2 is 1.60 bits per heavy atom. The fourth-order valence-corrected chi connectivity index (χ4v) is 3.18. The first-order chi connectivity index (χ1) is 11.9. The molecular weight excluding hydrogens is 390 g/mol. The number of aliphatic hydroxyl groups excluding tert-OH is 1. The van der Waals surface area contributed by atoms with Crippen molar-refractivity contribution < 1.29 is 19.6 Å². The molecule has 0 saturated carbocycles. The van der Waals surface area contributed by atoms with Crippen LogP contribution in [0.2, 0.25) is 0 Å². The van der Waals surface area contributed by atoms with Gasteiger partial charge in [-0.2, -0.15) is 0 Å². The van der Waals surface area contributed by atoms with E-state index in [2.05, 4.69) is 15.9 Å². The smallest absolute Gasteiger partial charge is 0.234 e. The average molecular weight is 402 g/mol. The quantitative estimate of drug-likeness (QED) is 0.479. The molecule has 1 unspecified atom stereocenters. The minimum atomic E-state index is -1.02. The van der Waals surface area contributed by atoms with Gasteiger partial charge in [-0.25, -0.2) is 0 Å². The summed E-state index contributed by atoms with van der Waals surface area (Å²) in [6, 6.07) is 12.8. The van der Waals surface area contributed by atoms with Gasteiger partial charge < -0.3 is 5.11 Å². The third-order valence-corrected chi connectivity index (χ3v) is 4.61. The van der Waals surface area contributed by atoms with E-state index in [1.54, 1.807) is 36.4 Å². The van der Waals surface area contributed by atoms with Crippen LogP contribution in [0.3, 0.4) is 0 Å². The second kappa shape index (κ2) is 6.60. The van der Waals surface area contributed by atoms with Crippen LogP contribution in [0, 0.1) is 10.1 Å². The van der Waals surface area contributed by atoms with Crippen LogP contribution in [0.4, 0.5) is 0 Å². The summed E-state index contributed by atoms with van der Waals surface area (Å²) in [5, 5.41) is 21.7. The zero-order valence-corrected chi connectivity index (χ0v) is 14.4. The summed E-state index contributed by atoms with van der Waals surface area (Å²) in [6.07, 6.45) is 0. The molecule has 0 aliphatic heterocycles. The molecule has 0 radical (unpaired) electrons. The van der Waals surface area contributed by atoms with Gasteiger partial charge >= 0.3 is 0 Å². The number of nitro groups is 1. The van der Waals surface area contributed by atoms with Gasteiger partial charge in [0.15, 0.2) is 0 Å². The normalized spacial score (nSPS) is 15.1. The molecule has 0 bridgehead atoms. The number of hydrogen-bond donors (Lipinski definition) is 1. The number of carbonyl (C=O) groups excluding carboxylic acids is 2. The second-order valence-corrected chi connectivity index (χ2v) is 6.50. The van der Waals surface area contributed by atoms with Crippen molar-refractivity contribution in [1.29, 1.82) is 0 Å². The third-order valence-electron chi connectivity index (χ3n) is 4.09. The van der Waals surface area contributed by atoms with Crippen molar-refractivity contribution in [2.24, 2.45) is 0 Å². The van der Waals surface area contributed by atoms with E-state index in [-0.39, 0.29) is 22.5 Å². The molecule has 6 nitrogen and oxygen atoms in total. The second-order valence-electron chi connectivity index (χ2n) is 5.59. The van der Waals surface area contributed by atoms with E-state index in [0.717, 1.165) is 4.47 Å². The highest BCUT2D eigenvalue weighted by atomic mass is 79.9. The molecule has 126 valence electrons. The molecule has 3 rings (SSSR count). The highest BCUT2D eigenvalue weighted by Crippen LogP contribution is 2.36. The molecule has 0 fully saturated rings. The molecule has 1 aliphatic rings. The third kappa shape index (κ3) is 3.10. The van der Waals surface area contributed by atoms with E-state index in [9.17, 15) is 24.8 Å². The minimum Gasteiger partial charge on any atom is -0.507 e. The van der Waals surface area contributed by atoms with Gasteiger partial charge in [0.1, 0.15) is 5.76 Å². The first-order valence-electron chi connectivity index (χ1n) is 7.39. The van der Waals surface area contributed by atoms with Crippen molar-refractivity contribution >= 4 is 33.3 Å². The van der Waals surface area contributed by atoms with E-state index in [1.807, 2.05) is 0 Å². The van der Waals surface area contributed by atoms with Crippen LogP contribution in [0.1, 0.15) is 27.4 Å². The summed E-state index contributed by atoms with van der Waals surface area (Å²) in [6.45, 7) is -0.609. The van der Waals surface area contributed by atoms with Crippen LogP contribution in [-0.2, 0) is 4.79 Å². The van der Waals surface area contributed by atoms with Crippen LogP contribution in [0.25, 0.3) is 5.76 Å². The summed E-state index contributed by atoms with van der Waals surface area (Å²) in [5.74, 6) is -3.08. The predicted octanol–water partition coefficient (Wildman–Crippen LogP) is 3.54. The maximum atomic E-state index is 12.6. The predicted molar refractivity (Wildman–Crippen MR) is 94.1 cm³/mol. The van der Waals surface area contributed by atoms with Gasteiger partial charge in [0.2, 0.25) is 18.1 Å². The SMILES string of the molecule is O=C1C(=O)c2ccccc2C(O)=C1C(C[N+](=O)[O-])c1ccc(Br)cc1. The van der Waals surface area contributed by atoms with Crippen LogP contribution in [0.5, 0.6) is 0 Å². The van der Waals surface area contributed by atoms with E-state index < -0.39 is 29.0 Å². The van der Waals surface area contributed by atoms with Gasteiger partial charge in [0, 0.05) is 20.5 Å². The molecule has 0 amide bonds. The van der Waals surface area contributed by atoms with Crippen LogP contribution >= 0.6 is 15.9 Å². The summed E-state index contributed by atoms with van der Waals surface area (Å²) < 4.78 is 0.769. The molecule has 7 heteroatoms. The summed E-state index contributed by atoms with van der Waals surface area (Å²) in [4.78, 5) is 35.5. The molecule has 0 aromatic heterocycles. The number of nitrogens with zero attached hydrogens (tertiary/aromatic N) is 1. The van der Waals surface area contributed by atoms with Crippen molar-refractivity contribution in [3.8, 4) is 0 Å². The number of benzene rings is 2. The Hall–Kier alpha value is -2.80. The van der Waals surface area contributed by atoms with Crippen molar-refractivity contribution in [2.45, 2.75) is 5.92 Å². The molecular formula is C18H12BrNO5. The van der Waals surface area contributed by atoms with E-state index in [0.29, 0.717) is 5.56 Å². The van der Waals surface area contributed by atoms with E-state index in [4.69, 9.17) is 0 Å². The maximum Gasteiger partial charge on any atom is 0.234 e. The lowest BCUT2D eigenvalue weighted by Crippen LogP contribution is -2.30. The lowest BCUT2D eigenvalue weighted by Gasteiger charge is -2.22. The van der Waals surface area contributed by atoms with Crippen molar-refractivity contribution in [3.05, 3.63) is 85.4 Å². The Labute approximate surface area is 151 Å². The Kier molecular flexibility index (Phi) is 4.50. The van der Waals surface area contributed by atoms with Gasteiger partial charge in [-0.15, -0.1) is 0 Å². The first-order valence-corrected chi connectivity index (χ1v) is 8.18. The van der Waals surface area contributed by atoms with Gasteiger partial charge in [0.05, 0.1) is 11.5 Å². The van der Waals surface area contributed by atoms with Crippen LogP contribution in [0.15, 0.2) is 58.6 Å². The monoisotopic (exact) mass is 401 g/mol. The fraction of sp³-hybridized carbons (Fsp3) is 0.111. The molecule has 2 aromatic rings. The average Bonchev–Trinajstić information content (AvgIpc) is 2.59. The molecule has 1 atom stereocenters. The summed E-state index contributed by atoms with van der Waals surface area (Å²) in [7, 11) is 0. The largest absolute Gasteiger partial charge is 0.507 e. The number of carbonyl (C=O) groups is 2. The summed E-state index contributed by atoms with van der Waals surface area (Å²) >= 11 is 3.28. The zero-order chi connectivity index (χ0) is 18.1. The molecule has 0 saturated heterocycles. The van der Waals surface area contributed by atoms with Crippen LogP contribution in [-0.4, -0.2) is 28.1 Å². The number of ketones is 2. The van der Waals surface area contributed by atoms with Gasteiger partial charge in [-0.1, -0.05) is 52.3 Å². The number of hydrogen-bond acceptors (Lipinski definition) is 5. The Morgan fingerprint density at radius 3 is 2.20 bits per heavy atom. The van der Waals surface area contributed by atoms with Gasteiger partial charge in [0.25, 0.3) is 0 Å². The molecule has 2 aromatic carbocycles. The minimum absolute atomic E-state index is 0.101. The molecule has 0 spiro atoms. The summed E-state index contributed by atoms with van der Waals surface area (Å²) in [5.41, 5.74) is 0.557. The van der Waals surface area contributed by atoms with Gasteiger partial charge in [-0.05, 0) is 17.7 Å². The molecule has 25 heavy (non-hydrogen) atoms. The number of halogens is 1. The Morgan fingerprint density at radius 1 is 1.00 bits per heavy atom. The fourth-order valence-electron chi connectivity index (χ4n) is 2.92. The van der Waals surface area contributed by atoms with Gasteiger partial charge in [-0.3, -0.25) is 19.7 Å². The maximum absolute atomic E-state index is 12.6. The van der Waals surface area contributed by atoms with Crippen LogP contribution < -0.4 is 0 Å². The van der Waals surface area contributed by atoms with Crippen molar-refractivity contribution in [3.63, 3.8) is 0 Å². The highest BCUT2D eigenvalue weighted by molar-refractivity contribution is 9.10. The number of fused-ring (bicyclic) bond motifs is 1. The molecule has 1 aliphatic carbocycles. The topological polar surface area (TPSA) is 97.5 Å². The first kappa shape index (κ1) is 17.0. The molecule has 0 heterocycles. The van der Waals surface area contributed by atoms with Crippen molar-refractivity contribution in [2.75, 3.05) is 6.54 Å². The molecule has 1 N–H and O–H groups in total.